The van der Waals surface area contributed by atoms with Crippen molar-refractivity contribution in [2.45, 2.75) is 11.3 Å². The second-order valence-corrected chi connectivity index (χ2v) is 5.71. The van der Waals surface area contributed by atoms with Gasteiger partial charge in [0.05, 0.1) is 10.7 Å². The highest BCUT2D eigenvalue weighted by atomic mass is 79.9. The summed E-state index contributed by atoms with van der Waals surface area (Å²) in [5.41, 5.74) is -1.00. The summed E-state index contributed by atoms with van der Waals surface area (Å²) in [7, 11) is 0.534. The van der Waals surface area contributed by atoms with Crippen LogP contribution in [0.4, 0.5) is 8.78 Å². The lowest BCUT2D eigenvalue weighted by Gasteiger charge is -2.07. The van der Waals surface area contributed by atoms with Gasteiger partial charge in [-0.2, -0.15) is 0 Å². The van der Waals surface area contributed by atoms with Crippen LogP contribution in [0.15, 0.2) is 15.6 Å². The molecule has 0 radical (unpaired) electrons. The fourth-order valence-electron chi connectivity index (χ4n) is 0.862. The zero-order chi connectivity index (χ0) is 11.8. The first kappa shape index (κ1) is 12.6. The average Bonchev–Trinajstić information content (AvgIpc) is 2.06. The zero-order valence-corrected chi connectivity index (χ0v) is 9.94. The van der Waals surface area contributed by atoms with Crippen LogP contribution in [0.25, 0.3) is 0 Å². The number of alkyl halides is 2. The molecule has 1 rings (SSSR count). The first-order valence-electron chi connectivity index (χ1n) is 3.35. The lowest BCUT2D eigenvalue weighted by Crippen LogP contribution is -2.03. The van der Waals surface area contributed by atoms with Crippen LogP contribution in [0, 0.1) is 0 Å². The molecule has 0 atom stereocenters. The van der Waals surface area contributed by atoms with Crippen LogP contribution < -0.4 is 0 Å². The highest BCUT2D eigenvalue weighted by molar-refractivity contribution is 9.10. The summed E-state index contributed by atoms with van der Waals surface area (Å²) in [6, 6.07) is 0. The molecule has 4 nitrogen and oxygen atoms in total. The van der Waals surface area contributed by atoms with E-state index in [1.807, 2.05) is 0 Å². The van der Waals surface area contributed by atoms with E-state index in [1.54, 1.807) is 0 Å². The molecule has 0 amide bonds. The van der Waals surface area contributed by atoms with E-state index in [2.05, 4.69) is 20.9 Å². The topological polar surface area (TPSA) is 67.3 Å². The molecule has 1 N–H and O–H groups in total. The van der Waals surface area contributed by atoms with Gasteiger partial charge in [0, 0.05) is 10.7 Å². The first-order chi connectivity index (χ1) is 6.75. The molecule has 0 aliphatic carbocycles. The third-order valence-electron chi connectivity index (χ3n) is 1.43. The summed E-state index contributed by atoms with van der Waals surface area (Å²) < 4.78 is 46.3. The number of rotatable bonds is 2. The van der Waals surface area contributed by atoms with E-state index < -0.39 is 36.3 Å². The quantitative estimate of drug-likeness (QED) is 0.849. The van der Waals surface area contributed by atoms with Crippen LogP contribution in [0.3, 0.4) is 0 Å². The van der Waals surface area contributed by atoms with E-state index in [4.69, 9.17) is 15.8 Å². The molecular weight excluding hydrogens is 319 g/mol. The van der Waals surface area contributed by atoms with Gasteiger partial charge in [-0.25, -0.2) is 22.2 Å². The minimum Gasteiger partial charge on any atom is -0.505 e. The van der Waals surface area contributed by atoms with Crippen LogP contribution in [-0.4, -0.2) is 18.5 Å². The highest BCUT2D eigenvalue weighted by Crippen LogP contribution is 2.37. The Bertz CT molecular complexity index is 493. The molecule has 9 heteroatoms. The fraction of sp³-hybridized carbons (Fsp3) is 0.167. The van der Waals surface area contributed by atoms with Crippen molar-refractivity contribution in [1.29, 1.82) is 0 Å². The summed E-state index contributed by atoms with van der Waals surface area (Å²) in [6.45, 7) is 0. The third kappa shape index (κ3) is 2.56. The predicted octanol–water partition coefficient (Wildman–Crippen LogP) is 2.41. The van der Waals surface area contributed by atoms with Crippen molar-refractivity contribution in [3.05, 3.63) is 16.4 Å². The van der Waals surface area contributed by atoms with Gasteiger partial charge < -0.3 is 5.11 Å². The van der Waals surface area contributed by atoms with Crippen molar-refractivity contribution in [3.63, 3.8) is 0 Å². The van der Waals surface area contributed by atoms with Gasteiger partial charge in [0.2, 0.25) is 0 Å². The SMILES string of the molecule is O=S(=O)(Cl)c1c(C(F)F)ncc(O)c1Br. The lowest BCUT2D eigenvalue weighted by molar-refractivity contribution is 0.142. The average molecular weight is 323 g/mol. The van der Waals surface area contributed by atoms with Gasteiger partial charge in [-0.05, 0) is 15.9 Å². The van der Waals surface area contributed by atoms with Crippen molar-refractivity contribution in [2.75, 3.05) is 0 Å². The Labute approximate surface area is 96.4 Å². The van der Waals surface area contributed by atoms with Gasteiger partial charge in [-0.1, -0.05) is 0 Å². The molecular formula is C6H3BrClF2NO3S. The number of nitrogens with zero attached hydrogens (tertiary/aromatic N) is 1. The third-order valence-corrected chi connectivity index (χ3v) is 3.86. The second kappa shape index (κ2) is 4.18. The normalized spacial score (nSPS) is 12.1. The predicted molar refractivity (Wildman–Crippen MR) is 51.6 cm³/mol. The van der Waals surface area contributed by atoms with Crippen LogP contribution >= 0.6 is 26.6 Å². The zero-order valence-electron chi connectivity index (χ0n) is 6.79. The summed E-state index contributed by atoms with van der Waals surface area (Å²) in [4.78, 5) is 2.19. The van der Waals surface area contributed by atoms with Gasteiger partial charge >= 0.3 is 0 Å². The number of hydrogen-bond acceptors (Lipinski definition) is 4. The van der Waals surface area contributed by atoms with Crippen molar-refractivity contribution in [1.82, 2.24) is 4.98 Å². The molecule has 1 heterocycles. The maximum Gasteiger partial charge on any atom is 0.281 e. The van der Waals surface area contributed by atoms with E-state index in [0.717, 1.165) is 0 Å². The van der Waals surface area contributed by atoms with E-state index in [0.29, 0.717) is 6.20 Å². The van der Waals surface area contributed by atoms with Crippen molar-refractivity contribution in [2.24, 2.45) is 0 Å². The monoisotopic (exact) mass is 321 g/mol. The van der Waals surface area contributed by atoms with Crippen LogP contribution in [0.5, 0.6) is 5.75 Å². The molecule has 0 aliphatic rings. The Morgan fingerprint density at radius 2 is 2.07 bits per heavy atom. The Morgan fingerprint density at radius 3 is 2.47 bits per heavy atom. The second-order valence-electron chi connectivity index (χ2n) is 2.41. The van der Waals surface area contributed by atoms with E-state index >= 15 is 0 Å². The molecule has 0 bridgehead atoms. The Kier molecular flexibility index (Phi) is 3.51. The number of pyridine rings is 1. The summed E-state index contributed by atoms with van der Waals surface area (Å²) in [6.07, 6.45) is -2.40. The molecule has 0 saturated heterocycles. The Morgan fingerprint density at radius 1 is 1.53 bits per heavy atom. The molecule has 0 saturated carbocycles. The maximum absolute atomic E-state index is 12.4. The van der Waals surface area contributed by atoms with Gasteiger partial charge in [0.25, 0.3) is 15.5 Å². The van der Waals surface area contributed by atoms with Gasteiger partial charge in [0.1, 0.15) is 16.3 Å². The van der Waals surface area contributed by atoms with Crippen LogP contribution in [-0.2, 0) is 9.05 Å². The molecule has 0 spiro atoms. The molecule has 1 aromatic heterocycles. The molecule has 0 fully saturated rings. The number of hydrogen-bond donors (Lipinski definition) is 1. The standard InChI is InChI=1S/C6H3BrClF2NO3S/c7-3-2(12)1-11-4(6(9)10)5(3)15(8,13)14/h1,6,12H. The minimum absolute atomic E-state index is 0.428. The highest BCUT2D eigenvalue weighted by Gasteiger charge is 2.28. The maximum atomic E-state index is 12.4. The van der Waals surface area contributed by atoms with Gasteiger partial charge in [0.15, 0.2) is 0 Å². The smallest absolute Gasteiger partial charge is 0.281 e. The summed E-state index contributed by atoms with van der Waals surface area (Å²) >= 11 is 2.65. The number of aromatic hydroxyl groups is 1. The summed E-state index contributed by atoms with van der Waals surface area (Å²) in [5.74, 6) is -0.585. The summed E-state index contributed by atoms with van der Waals surface area (Å²) in [5, 5.41) is 9.09. The molecule has 1 aromatic rings. The van der Waals surface area contributed by atoms with E-state index in [-0.39, 0.29) is 0 Å². The van der Waals surface area contributed by atoms with E-state index in [1.165, 1.54) is 0 Å². The number of aromatic nitrogens is 1. The Balaban J connectivity index is 3.65. The van der Waals surface area contributed by atoms with Crippen LogP contribution in [0.1, 0.15) is 12.1 Å². The number of halogens is 4. The van der Waals surface area contributed by atoms with Gasteiger partial charge in [-0.15, -0.1) is 0 Å². The van der Waals surface area contributed by atoms with Crippen LogP contribution in [0.2, 0.25) is 0 Å². The molecule has 15 heavy (non-hydrogen) atoms. The molecule has 0 aliphatic heterocycles. The Hall–Kier alpha value is -0.470. The fourth-order valence-corrected chi connectivity index (χ4v) is 3.27. The largest absolute Gasteiger partial charge is 0.505 e. The lowest BCUT2D eigenvalue weighted by atomic mass is 10.3. The van der Waals surface area contributed by atoms with Crippen molar-refractivity contribution < 1.29 is 22.3 Å². The first-order valence-corrected chi connectivity index (χ1v) is 6.45. The van der Waals surface area contributed by atoms with Gasteiger partial charge in [-0.3, -0.25) is 0 Å². The minimum atomic E-state index is -4.41. The molecule has 0 aromatic carbocycles. The van der Waals surface area contributed by atoms with Crippen molar-refractivity contribution in [3.8, 4) is 5.75 Å². The van der Waals surface area contributed by atoms with Crippen molar-refractivity contribution >= 4 is 35.7 Å². The molecule has 84 valence electrons. The van der Waals surface area contributed by atoms with E-state index in [9.17, 15) is 17.2 Å². The molecule has 0 unspecified atom stereocenters.